The van der Waals surface area contributed by atoms with Crippen molar-refractivity contribution in [2.24, 2.45) is 0 Å². The summed E-state index contributed by atoms with van der Waals surface area (Å²) in [5.41, 5.74) is 0.478. The van der Waals surface area contributed by atoms with E-state index in [1.165, 1.54) is 11.3 Å². The summed E-state index contributed by atoms with van der Waals surface area (Å²) in [6, 6.07) is 4.15. The molecular formula is C15H19N3O2S2. The SMILES string of the molecule is CN(C)[C@@H]1C[C@@H](CO)N(C(=O)c2csc(-c3cccs3)n2)C1. The van der Waals surface area contributed by atoms with Crippen molar-refractivity contribution in [3.8, 4) is 9.88 Å². The van der Waals surface area contributed by atoms with Gasteiger partial charge in [-0.05, 0) is 32.0 Å². The van der Waals surface area contributed by atoms with E-state index in [9.17, 15) is 9.90 Å². The van der Waals surface area contributed by atoms with Crippen LogP contribution in [0.25, 0.3) is 9.88 Å². The molecule has 1 N–H and O–H groups in total. The van der Waals surface area contributed by atoms with Gasteiger partial charge in [-0.3, -0.25) is 4.79 Å². The molecule has 1 fully saturated rings. The molecule has 0 bridgehead atoms. The standard InChI is InChI=1S/C15H19N3O2S2/c1-17(2)10-6-11(8-19)18(7-10)15(20)12-9-22-14(16-12)13-4-3-5-21-13/h3-5,9-11,19H,6-8H2,1-2H3/t10-,11+/m1/s1. The first-order valence-electron chi connectivity index (χ1n) is 7.17. The van der Waals surface area contributed by atoms with Gasteiger partial charge >= 0.3 is 0 Å². The summed E-state index contributed by atoms with van der Waals surface area (Å²) in [6.45, 7) is 0.640. The highest BCUT2D eigenvalue weighted by Crippen LogP contribution is 2.29. The highest BCUT2D eigenvalue weighted by Gasteiger charge is 2.36. The highest BCUT2D eigenvalue weighted by molar-refractivity contribution is 7.20. The van der Waals surface area contributed by atoms with E-state index in [-0.39, 0.29) is 24.6 Å². The Bertz CT molecular complexity index is 639. The lowest BCUT2D eigenvalue weighted by molar-refractivity contribution is 0.0668. The van der Waals surface area contributed by atoms with Crippen LogP contribution in [0.4, 0.5) is 0 Å². The number of amides is 1. The second-order valence-corrected chi connectivity index (χ2v) is 7.47. The third-order valence-corrected chi connectivity index (χ3v) is 5.93. The van der Waals surface area contributed by atoms with E-state index < -0.39 is 0 Å². The summed E-state index contributed by atoms with van der Waals surface area (Å²) in [5, 5.41) is 14.3. The van der Waals surface area contributed by atoms with Crippen LogP contribution in [0.2, 0.25) is 0 Å². The second-order valence-electron chi connectivity index (χ2n) is 5.66. The molecule has 2 aromatic rings. The van der Waals surface area contributed by atoms with Crippen molar-refractivity contribution >= 4 is 28.6 Å². The lowest BCUT2D eigenvalue weighted by Crippen LogP contribution is -2.39. The number of rotatable bonds is 4. The molecule has 0 spiro atoms. The number of likely N-dealkylation sites (tertiary alicyclic amines) is 1. The van der Waals surface area contributed by atoms with E-state index in [0.717, 1.165) is 16.3 Å². The van der Waals surface area contributed by atoms with E-state index in [0.29, 0.717) is 12.2 Å². The smallest absolute Gasteiger partial charge is 0.273 e. The Balaban J connectivity index is 1.78. The topological polar surface area (TPSA) is 56.7 Å². The molecule has 0 radical (unpaired) electrons. The first-order chi connectivity index (χ1) is 10.6. The largest absolute Gasteiger partial charge is 0.394 e. The Labute approximate surface area is 137 Å². The van der Waals surface area contributed by atoms with Gasteiger partial charge in [-0.1, -0.05) is 6.07 Å². The molecule has 2 aromatic heterocycles. The average Bonchev–Trinajstić information content (AvgIpc) is 3.23. The minimum atomic E-state index is -0.119. The molecule has 3 heterocycles. The minimum Gasteiger partial charge on any atom is -0.394 e. The lowest BCUT2D eigenvalue weighted by atomic mass is 10.1. The van der Waals surface area contributed by atoms with Crippen LogP contribution in [0.5, 0.6) is 0 Å². The van der Waals surface area contributed by atoms with E-state index in [4.69, 9.17) is 0 Å². The van der Waals surface area contributed by atoms with Gasteiger partial charge in [0.2, 0.25) is 0 Å². The Hall–Kier alpha value is -1.28. The van der Waals surface area contributed by atoms with Crippen LogP contribution in [0.1, 0.15) is 16.9 Å². The fourth-order valence-corrected chi connectivity index (χ4v) is 4.33. The number of nitrogens with zero attached hydrogens (tertiary/aromatic N) is 3. The predicted octanol–water partition coefficient (Wildman–Crippen LogP) is 2.01. The normalized spacial score (nSPS) is 21.7. The summed E-state index contributed by atoms with van der Waals surface area (Å²) < 4.78 is 0. The first-order valence-corrected chi connectivity index (χ1v) is 8.93. The zero-order chi connectivity index (χ0) is 15.7. The third-order valence-electron chi connectivity index (χ3n) is 4.05. The monoisotopic (exact) mass is 337 g/mol. The van der Waals surface area contributed by atoms with E-state index >= 15 is 0 Å². The molecule has 0 aromatic carbocycles. The number of likely N-dealkylation sites (N-methyl/N-ethyl adjacent to an activating group) is 1. The van der Waals surface area contributed by atoms with Gasteiger partial charge < -0.3 is 14.9 Å². The quantitative estimate of drug-likeness (QED) is 0.927. The van der Waals surface area contributed by atoms with Crippen molar-refractivity contribution < 1.29 is 9.90 Å². The molecule has 0 saturated carbocycles. The molecule has 118 valence electrons. The molecule has 1 aliphatic heterocycles. The first kappa shape index (κ1) is 15.6. The van der Waals surface area contributed by atoms with Crippen LogP contribution >= 0.6 is 22.7 Å². The van der Waals surface area contributed by atoms with E-state index in [2.05, 4.69) is 9.88 Å². The number of hydrogen-bond acceptors (Lipinski definition) is 6. The number of carbonyl (C=O) groups is 1. The van der Waals surface area contributed by atoms with Crippen LogP contribution in [0.3, 0.4) is 0 Å². The molecule has 0 unspecified atom stereocenters. The van der Waals surface area contributed by atoms with Gasteiger partial charge in [0.1, 0.15) is 10.7 Å². The van der Waals surface area contributed by atoms with Gasteiger partial charge in [0.15, 0.2) is 0 Å². The minimum absolute atomic E-state index is 0.00199. The van der Waals surface area contributed by atoms with Crippen molar-refractivity contribution in [2.45, 2.75) is 18.5 Å². The summed E-state index contributed by atoms with van der Waals surface area (Å²) in [4.78, 5) is 22.1. The van der Waals surface area contributed by atoms with Gasteiger partial charge in [-0.15, -0.1) is 22.7 Å². The molecular weight excluding hydrogens is 318 g/mol. The Morgan fingerprint density at radius 1 is 1.50 bits per heavy atom. The molecule has 3 rings (SSSR count). The summed E-state index contributed by atoms with van der Waals surface area (Å²) in [5.74, 6) is -0.0811. The van der Waals surface area contributed by atoms with Gasteiger partial charge in [0.05, 0.1) is 17.5 Å². The van der Waals surface area contributed by atoms with Crippen molar-refractivity contribution in [3.05, 3.63) is 28.6 Å². The summed E-state index contributed by atoms with van der Waals surface area (Å²) in [6.07, 6.45) is 0.803. The molecule has 1 saturated heterocycles. The molecule has 22 heavy (non-hydrogen) atoms. The molecule has 0 aliphatic carbocycles. The van der Waals surface area contributed by atoms with Crippen LogP contribution in [0.15, 0.2) is 22.9 Å². The van der Waals surface area contributed by atoms with Crippen LogP contribution in [-0.2, 0) is 0 Å². The zero-order valence-corrected chi connectivity index (χ0v) is 14.2. The van der Waals surface area contributed by atoms with Crippen LogP contribution in [-0.4, -0.2) is 65.1 Å². The number of carbonyl (C=O) groups excluding carboxylic acids is 1. The third kappa shape index (κ3) is 2.94. The maximum atomic E-state index is 12.7. The van der Waals surface area contributed by atoms with Crippen molar-refractivity contribution in [2.75, 3.05) is 27.2 Å². The average molecular weight is 337 g/mol. The number of thiazole rings is 1. The van der Waals surface area contributed by atoms with Gasteiger partial charge in [0, 0.05) is 18.0 Å². The number of aliphatic hydroxyl groups is 1. The number of aromatic nitrogens is 1. The Kier molecular flexibility index (Phi) is 4.58. The maximum absolute atomic E-state index is 12.7. The highest BCUT2D eigenvalue weighted by atomic mass is 32.1. The van der Waals surface area contributed by atoms with E-state index in [1.54, 1.807) is 16.2 Å². The van der Waals surface area contributed by atoms with Crippen molar-refractivity contribution in [3.63, 3.8) is 0 Å². The Morgan fingerprint density at radius 2 is 2.32 bits per heavy atom. The van der Waals surface area contributed by atoms with Crippen LogP contribution in [0, 0.1) is 0 Å². The molecule has 1 amide bonds. The summed E-state index contributed by atoms with van der Waals surface area (Å²) >= 11 is 3.11. The van der Waals surface area contributed by atoms with Crippen molar-refractivity contribution in [1.29, 1.82) is 0 Å². The van der Waals surface area contributed by atoms with Crippen molar-refractivity contribution in [1.82, 2.24) is 14.8 Å². The molecule has 2 atom stereocenters. The molecule has 7 heteroatoms. The molecule has 5 nitrogen and oxygen atoms in total. The van der Waals surface area contributed by atoms with Gasteiger partial charge in [-0.2, -0.15) is 0 Å². The number of hydrogen-bond donors (Lipinski definition) is 1. The lowest BCUT2D eigenvalue weighted by Gasteiger charge is -2.22. The van der Waals surface area contributed by atoms with E-state index in [1.807, 2.05) is 37.0 Å². The predicted molar refractivity (Wildman–Crippen MR) is 89.4 cm³/mol. The van der Waals surface area contributed by atoms with Crippen LogP contribution < -0.4 is 0 Å². The number of aliphatic hydroxyl groups excluding tert-OH is 1. The van der Waals surface area contributed by atoms with Gasteiger partial charge in [0.25, 0.3) is 5.91 Å². The fraction of sp³-hybridized carbons (Fsp3) is 0.467. The zero-order valence-electron chi connectivity index (χ0n) is 12.6. The maximum Gasteiger partial charge on any atom is 0.273 e. The molecule has 1 aliphatic rings. The number of thiophene rings is 1. The van der Waals surface area contributed by atoms with Gasteiger partial charge in [-0.25, -0.2) is 4.98 Å². The Morgan fingerprint density at radius 3 is 2.95 bits per heavy atom. The second kappa shape index (κ2) is 6.45. The summed E-state index contributed by atoms with van der Waals surface area (Å²) in [7, 11) is 4.01. The fourth-order valence-electron chi connectivity index (χ4n) is 2.72.